The van der Waals surface area contributed by atoms with E-state index in [1.54, 1.807) is 4.90 Å². The van der Waals surface area contributed by atoms with Gasteiger partial charge in [-0.2, -0.15) is 0 Å². The molecule has 1 spiro atoms. The second kappa shape index (κ2) is 6.23. The van der Waals surface area contributed by atoms with Crippen LogP contribution in [0.5, 0.6) is 0 Å². The third-order valence-electron chi connectivity index (χ3n) is 5.03. The zero-order valence-electron chi connectivity index (χ0n) is 13.7. The second-order valence-electron chi connectivity index (χ2n) is 6.77. The quantitative estimate of drug-likeness (QED) is 0.729. The minimum Gasteiger partial charge on any atom is -0.376 e. The largest absolute Gasteiger partial charge is 0.376 e. The number of urea groups is 1. The van der Waals surface area contributed by atoms with E-state index in [9.17, 15) is 9.18 Å². The number of carbonyl (C=O) groups is 1. The van der Waals surface area contributed by atoms with Crippen LogP contribution >= 0.6 is 11.6 Å². The third-order valence-corrected chi connectivity index (χ3v) is 5.32. The van der Waals surface area contributed by atoms with Crippen LogP contribution in [0.3, 0.4) is 0 Å². The first-order valence-corrected chi connectivity index (χ1v) is 8.85. The van der Waals surface area contributed by atoms with E-state index in [-0.39, 0.29) is 16.6 Å². The molecule has 6 heteroatoms. The van der Waals surface area contributed by atoms with Gasteiger partial charge in [-0.05, 0) is 43.2 Å². The van der Waals surface area contributed by atoms with Gasteiger partial charge in [0.1, 0.15) is 5.82 Å². The molecule has 2 aromatic rings. The van der Waals surface area contributed by atoms with Crippen LogP contribution in [0.15, 0.2) is 42.5 Å². The Hall–Kier alpha value is -2.27. The molecular formula is C19H19ClFN3O. The number of para-hydroxylation sites is 2. The number of amides is 2. The van der Waals surface area contributed by atoms with Crippen LogP contribution in [0.1, 0.15) is 25.7 Å². The van der Waals surface area contributed by atoms with Crippen molar-refractivity contribution >= 4 is 34.7 Å². The zero-order chi connectivity index (χ0) is 17.4. The van der Waals surface area contributed by atoms with Crippen LogP contribution in [0.4, 0.5) is 26.2 Å². The number of benzene rings is 2. The molecule has 0 atom stereocenters. The van der Waals surface area contributed by atoms with Crippen molar-refractivity contribution in [2.24, 2.45) is 0 Å². The Balaban J connectivity index is 1.63. The number of fused-ring (bicyclic) bond motifs is 1. The molecule has 130 valence electrons. The highest BCUT2D eigenvalue weighted by atomic mass is 35.5. The molecule has 2 N–H and O–H groups in total. The molecule has 1 saturated carbocycles. The van der Waals surface area contributed by atoms with E-state index >= 15 is 0 Å². The number of hydrogen-bond acceptors (Lipinski definition) is 2. The van der Waals surface area contributed by atoms with Gasteiger partial charge in [0.2, 0.25) is 0 Å². The maximum Gasteiger partial charge on any atom is 0.326 e. The van der Waals surface area contributed by atoms with Crippen LogP contribution in [0.2, 0.25) is 5.02 Å². The molecule has 4 rings (SSSR count). The van der Waals surface area contributed by atoms with E-state index in [1.807, 2.05) is 24.3 Å². The molecule has 0 unspecified atom stereocenters. The third kappa shape index (κ3) is 3.04. The smallest absolute Gasteiger partial charge is 0.326 e. The molecular weight excluding hydrogens is 341 g/mol. The predicted molar refractivity (Wildman–Crippen MR) is 99.0 cm³/mol. The van der Waals surface area contributed by atoms with Crippen molar-refractivity contribution in [2.45, 2.75) is 31.2 Å². The van der Waals surface area contributed by atoms with E-state index in [1.165, 1.54) is 18.2 Å². The van der Waals surface area contributed by atoms with Gasteiger partial charge in [-0.3, -0.25) is 4.90 Å². The average Bonchev–Trinajstić information content (AvgIpc) is 3.05. The Labute approximate surface area is 151 Å². The number of nitrogens with zero attached hydrogens (tertiary/aromatic N) is 1. The Morgan fingerprint density at radius 3 is 2.72 bits per heavy atom. The van der Waals surface area contributed by atoms with Gasteiger partial charge < -0.3 is 10.6 Å². The summed E-state index contributed by atoms with van der Waals surface area (Å²) in [5.74, 6) is -0.503. The number of nitrogens with one attached hydrogen (secondary N) is 2. The standard InChI is InChI=1S/C19H19ClFN3O/c20-14-11-13(7-8-15(14)21)22-18(25)24-12-19(9-3-4-10-19)23-16-5-1-2-6-17(16)24/h1-2,5-8,11,23H,3-4,9-10,12H2,(H,22,25). The van der Waals surface area contributed by atoms with Crippen molar-refractivity contribution < 1.29 is 9.18 Å². The highest BCUT2D eigenvalue weighted by molar-refractivity contribution is 6.31. The molecule has 0 radical (unpaired) electrons. The molecule has 1 fully saturated rings. The molecule has 2 aliphatic rings. The van der Waals surface area contributed by atoms with Gasteiger partial charge in [-0.15, -0.1) is 0 Å². The van der Waals surface area contributed by atoms with Crippen LogP contribution in [-0.2, 0) is 0 Å². The summed E-state index contributed by atoms with van der Waals surface area (Å²) in [6.07, 6.45) is 4.43. The minimum absolute atomic E-state index is 0.00854. The summed E-state index contributed by atoms with van der Waals surface area (Å²) in [6.45, 7) is 0.616. The molecule has 1 heterocycles. The number of halogens is 2. The molecule has 1 aliphatic heterocycles. The van der Waals surface area contributed by atoms with Gasteiger partial charge in [0.15, 0.2) is 0 Å². The lowest BCUT2D eigenvalue weighted by molar-refractivity contribution is 0.254. The minimum atomic E-state index is -0.503. The fourth-order valence-electron chi connectivity index (χ4n) is 3.81. The molecule has 0 bridgehead atoms. The Kier molecular flexibility index (Phi) is 4.04. The normalized spacial score (nSPS) is 17.9. The van der Waals surface area contributed by atoms with Crippen molar-refractivity contribution in [3.63, 3.8) is 0 Å². The molecule has 4 nitrogen and oxygen atoms in total. The van der Waals surface area contributed by atoms with E-state index in [2.05, 4.69) is 10.6 Å². The van der Waals surface area contributed by atoms with E-state index in [0.717, 1.165) is 37.1 Å². The van der Waals surface area contributed by atoms with Crippen molar-refractivity contribution in [1.82, 2.24) is 0 Å². The molecule has 25 heavy (non-hydrogen) atoms. The van der Waals surface area contributed by atoms with Gasteiger partial charge in [0.25, 0.3) is 0 Å². The summed E-state index contributed by atoms with van der Waals surface area (Å²) in [5, 5.41) is 6.47. The van der Waals surface area contributed by atoms with Gasteiger partial charge >= 0.3 is 6.03 Å². The van der Waals surface area contributed by atoms with Crippen LogP contribution in [-0.4, -0.2) is 18.1 Å². The number of hydrogen-bond donors (Lipinski definition) is 2. The highest BCUT2D eigenvalue weighted by Crippen LogP contribution is 2.42. The van der Waals surface area contributed by atoms with Crippen LogP contribution in [0, 0.1) is 5.82 Å². The van der Waals surface area contributed by atoms with Gasteiger partial charge in [0, 0.05) is 5.69 Å². The summed E-state index contributed by atoms with van der Waals surface area (Å²) < 4.78 is 13.3. The molecule has 2 amide bonds. The number of carbonyl (C=O) groups excluding carboxylic acids is 1. The summed E-state index contributed by atoms with van der Waals surface area (Å²) in [7, 11) is 0. The maximum absolute atomic E-state index is 13.3. The number of anilines is 3. The highest BCUT2D eigenvalue weighted by Gasteiger charge is 2.41. The first-order valence-electron chi connectivity index (χ1n) is 8.47. The van der Waals surface area contributed by atoms with E-state index < -0.39 is 5.82 Å². The molecule has 1 aliphatic carbocycles. The first-order chi connectivity index (χ1) is 12.1. The summed E-state index contributed by atoms with van der Waals surface area (Å²) >= 11 is 5.81. The van der Waals surface area contributed by atoms with Gasteiger partial charge in [-0.25, -0.2) is 9.18 Å². The monoisotopic (exact) mass is 359 g/mol. The maximum atomic E-state index is 13.3. The molecule has 0 saturated heterocycles. The predicted octanol–water partition coefficient (Wildman–Crippen LogP) is 5.26. The lowest BCUT2D eigenvalue weighted by Gasteiger charge is -2.43. The summed E-state index contributed by atoms with van der Waals surface area (Å²) in [6, 6.07) is 11.8. The topological polar surface area (TPSA) is 44.4 Å². The van der Waals surface area contributed by atoms with Crippen molar-refractivity contribution in [3.8, 4) is 0 Å². The van der Waals surface area contributed by atoms with Crippen molar-refractivity contribution in [3.05, 3.63) is 53.3 Å². The molecule has 2 aromatic carbocycles. The van der Waals surface area contributed by atoms with Crippen molar-refractivity contribution in [1.29, 1.82) is 0 Å². The van der Waals surface area contributed by atoms with Crippen LogP contribution in [0.25, 0.3) is 0 Å². The first kappa shape index (κ1) is 16.2. The SMILES string of the molecule is O=C(Nc1ccc(F)c(Cl)c1)N1CC2(CCCC2)Nc2ccccc21. The fraction of sp³-hybridized carbons (Fsp3) is 0.316. The van der Waals surface area contributed by atoms with Gasteiger partial charge in [-0.1, -0.05) is 36.6 Å². The summed E-state index contributed by atoms with van der Waals surface area (Å²) in [5.41, 5.74) is 2.24. The van der Waals surface area contributed by atoms with E-state index in [0.29, 0.717) is 12.2 Å². The average molecular weight is 360 g/mol. The fourth-order valence-corrected chi connectivity index (χ4v) is 3.99. The zero-order valence-corrected chi connectivity index (χ0v) is 14.4. The Morgan fingerprint density at radius 2 is 1.96 bits per heavy atom. The van der Waals surface area contributed by atoms with E-state index in [4.69, 9.17) is 11.6 Å². The Morgan fingerprint density at radius 1 is 1.20 bits per heavy atom. The Bertz CT molecular complexity index is 820. The lowest BCUT2D eigenvalue weighted by Crippen LogP contribution is -2.53. The molecule has 0 aromatic heterocycles. The van der Waals surface area contributed by atoms with Crippen LogP contribution < -0.4 is 15.5 Å². The number of rotatable bonds is 1. The van der Waals surface area contributed by atoms with Gasteiger partial charge in [0.05, 0.1) is 28.5 Å². The second-order valence-corrected chi connectivity index (χ2v) is 7.18. The lowest BCUT2D eigenvalue weighted by atomic mass is 9.93. The van der Waals surface area contributed by atoms with Crippen molar-refractivity contribution in [2.75, 3.05) is 22.1 Å². The summed E-state index contributed by atoms with van der Waals surface area (Å²) in [4.78, 5) is 14.7.